The van der Waals surface area contributed by atoms with E-state index in [9.17, 15) is 9.59 Å². The van der Waals surface area contributed by atoms with Crippen molar-refractivity contribution in [3.05, 3.63) is 68.1 Å². The number of hydrogen-bond donors (Lipinski definition) is 2. The molecule has 4 rings (SSSR count). The van der Waals surface area contributed by atoms with Crippen molar-refractivity contribution in [2.45, 2.75) is 20.8 Å². The zero-order chi connectivity index (χ0) is 19.3. The van der Waals surface area contributed by atoms with Gasteiger partial charge in [0.25, 0.3) is 5.78 Å². The van der Waals surface area contributed by atoms with E-state index in [0.29, 0.717) is 16.2 Å². The first-order chi connectivity index (χ1) is 12.9. The molecule has 0 aliphatic rings. The summed E-state index contributed by atoms with van der Waals surface area (Å²) in [6.45, 7) is 5.85. The van der Waals surface area contributed by atoms with E-state index in [1.165, 1.54) is 16.0 Å². The number of aromatic amines is 1. The summed E-state index contributed by atoms with van der Waals surface area (Å²) >= 11 is 1.19. The number of pyridine rings is 1. The number of carbonyl (C=O) groups excluding carboxylic acids is 1. The van der Waals surface area contributed by atoms with Crippen LogP contribution in [0.25, 0.3) is 15.9 Å². The van der Waals surface area contributed by atoms with Crippen molar-refractivity contribution in [1.29, 1.82) is 0 Å². The van der Waals surface area contributed by atoms with Crippen molar-refractivity contribution in [2.75, 3.05) is 5.73 Å². The maximum Gasteiger partial charge on any atom is 0.439 e. The van der Waals surface area contributed by atoms with Crippen LogP contribution in [0, 0.1) is 20.8 Å². The molecule has 27 heavy (non-hydrogen) atoms. The van der Waals surface area contributed by atoms with Gasteiger partial charge in [0.1, 0.15) is 9.71 Å². The van der Waals surface area contributed by atoms with Crippen molar-refractivity contribution in [3.8, 4) is 5.69 Å². The molecular weight excluding hydrogens is 364 g/mol. The molecule has 4 aromatic rings. The standard InChI is InChI=1S/C19H16N4O3S/c1-9-10(2)13-14(20)17(27-18(13)21-11(9)3)16(24)15-19(25)26-22-23(15)12-7-5-4-6-8-12/h4-8H,1-3H3,(H2-,20,22,24,25)/p+1. The lowest BCUT2D eigenvalue weighted by Gasteiger charge is -2.05. The zero-order valence-corrected chi connectivity index (χ0v) is 15.8. The van der Waals surface area contributed by atoms with Gasteiger partial charge in [0.05, 0.1) is 5.69 Å². The molecule has 0 amide bonds. The number of nitrogens with zero attached hydrogens (tertiary/aromatic N) is 2. The molecule has 0 bridgehead atoms. The molecule has 8 heteroatoms. The fourth-order valence-corrected chi connectivity index (χ4v) is 4.21. The Morgan fingerprint density at radius 1 is 1.19 bits per heavy atom. The summed E-state index contributed by atoms with van der Waals surface area (Å²) in [5.74, 6) is -0.496. The summed E-state index contributed by atoms with van der Waals surface area (Å²) < 4.78 is 6.20. The monoisotopic (exact) mass is 381 g/mol. The largest absolute Gasteiger partial charge is 0.439 e. The van der Waals surface area contributed by atoms with E-state index < -0.39 is 11.4 Å². The number of hydrogen-bond acceptors (Lipinski definition) is 6. The van der Waals surface area contributed by atoms with Gasteiger partial charge >= 0.3 is 11.3 Å². The second-order valence-corrected chi connectivity index (χ2v) is 7.30. The topological polar surface area (TPSA) is 106 Å². The number of aryl methyl sites for hydroxylation is 2. The van der Waals surface area contributed by atoms with Gasteiger partial charge in [-0.05, 0) is 41.9 Å². The SMILES string of the molecule is Cc1nc2sc(C(=O)c3c(=O)o[nH][n+]3-c3ccccc3)c(N)c2c(C)c1C. The van der Waals surface area contributed by atoms with E-state index in [1.54, 1.807) is 24.3 Å². The van der Waals surface area contributed by atoms with Crippen LogP contribution in [-0.2, 0) is 0 Å². The van der Waals surface area contributed by atoms with Crippen LogP contribution < -0.4 is 16.0 Å². The number of nitrogens with one attached hydrogen (secondary N) is 1. The normalized spacial score (nSPS) is 11.2. The predicted molar refractivity (Wildman–Crippen MR) is 103 cm³/mol. The van der Waals surface area contributed by atoms with Gasteiger partial charge in [0.15, 0.2) is 0 Å². The molecule has 0 fully saturated rings. The van der Waals surface area contributed by atoms with E-state index in [2.05, 4.69) is 10.3 Å². The summed E-state index contributed by atoms with van der Waals surface area (Å²) in [5, 5.41) is 3.24. The van der Waals surface area contributed by atoms with Crippen molar-refractivity contribution in [2.24, 2.45) is 0 Å². The van der Waals surface area contributed by atoms with Gasteiger partial charge in [-0.1, -0.05) is 18.2 Å². The fraction of sp³-hybridized carbons (Fsp3) is 0.158. The van der Waals surface area contributed by atoms with Crippen molar-refractivity contribution < 1.29 is 14.0 Å². The average Bonchev–Trinajstić information content (AvgIpc) is 3.20. The van der Waals surface area contributed by atoms with Crippen LogP contribution >= 0.6 is 11.3 Å². The molecule has 0 aliphatic heterocycles. The number of ketones is 1. The number of aromatic nitrogens is 3. The number of rotatable bonds is 3. The highest BCUT2D eigenvalue weighted by atomic mass is 32.1. The molecule has 0 spiro atoms. The molecule has 0 saturated carbocycles. The third-order valence-electron chi connectivity index (χ3n) is 4.76. The fourth-order valence-electron chi connectivity index (χ4n) is 3.07. The Labute approximate surface area is 158 Å². The molecule has 3 N–H and O–H groups in total. The predicted octanol–water partition coefficient (Wildman–Crippen LogP) is 2.59. The van der Waals surface area contributed by atoms with Crippen LogP contribution in [0.2, 0.25) is 0 Å². The lowest BCUT2D eigenvalue weighted by Crippen LogP contribution is -2.41. The van der Waals surface area contributed by atoms with Crippen molar-refractivity contribution in [1.82, 2.24) is 10.3 Å². The van der Waals surface area contributed by atoms with Crippen LogP contribution in [0.15, 0.2) is 39.6 Å². The van der Waals surface area contributed by atoms with Gasteiger partial charge in [-0.15, -0.1) is 11.3 Å². The zero-order valence-electron chi connectivity index (χ0n) is 15.0. The summed E-state index contributed by atoms with van der Waals surface area (Å²) in [7, 11) is 0. The first-order valence-electron chi connectivity index (χ1n) is 8.29. The van der Waals surface area contributed by atoms with E-state index in [-0.39, 0.29) is 10.6 Å². The Balaban J connectivity index is 1.93. The van der Waals surface area contributed by atoms with Gasteiger partial charge in [0.2, 0.25) is 5.69 Å². The number of nitrogen functional groups attached to an aromatic ring is 1. The Kier molecular flexibility index (Phi) is 3.92. The number of para-hydroxylation sites is 1. The highest BCUT2D eigenvalue weighted by Crippen LogP contribution is 2.37. The second-order valence-electron chi connectivity index (χ2n) is 6.30. The molecule has 0 radical (unpaired) electrons. The molecule has 0 atom stereocenters. The number of benzene rings is 1. The summed E-state index contributed by atoms with van der Waals surface area (Å²) in [6, 6.07) is 8.96. The van der Waals surface area contributed by atoms with Gasteiger partial charge in [-0.25, -0.2) is 9.78 Å². The smallest absolute Gasteiger partial charge is 0.397 e. The first-order valence-corrected chi connectivity index (χ1v) is 9.11. The highest BCUT2D eigenvalue weighted by Gasteiger charge is 2.34. The van der Waals surface area contributed by atoms with E-state index in [0.717, 1.165) is 22.2 Å². The summed E-state index contributed by atoms with van der Waals surface area (Å²) in [4.78, 5) is 31.0. The molecule has 7 nitrogen and oxygen atoms in total. The minimum absolute atomic E-state index is 0.134. The van der Waals surface area contributed by atoms with Crippen LogP contribution in [0.1, 0.15) is 32.2 Å². The molecule has 136 valence electrons. The highest BCUT2D eigenvalue weighted by molar-refractivity contribution is 7.21. The van der Waals surface area contributed by atoms with Gasteiger partial charge in [0, 0.05) is 23.2 Å². The van der Waals surface area contributed by atoms with Gasteiger partial charge in [-0.2, -0.15) is 0 Å². The number of anilines is 1. The molecule has 0 aliphatic carbocycles. The lowest BCUT2D eigenvalue weighted by atomic mass is 10.0. The van der Waals surface area contributed by atoms with E-state index in [4.69, 9.17) is 10.3 Å². The molecule has 0 unspecified atom stereocenters. The molecule has 3 aromatic heterocycles. The lowest BCUT2D eigenvalue weighted by molar-refractivity contribution is -0.672. The van der Waals surface area contributed by atoms with Crippen LogP contribution in [-0.4, -0.2) is 16.0 Å². The molecule has 0 saturated heterocycles. The number of carbonyl (C=O) groups is 1. The summed E-state index contributed by atoms with van der Waals surface area (Å²) in [5.41, 5.74) is 9.27. The Morgan fingerprint density at radius 2 is 1.89 bits per heavy atom. The van der Waals surface area contributed by atoms with Crippen molar-refractivity contribution >= 4 is 33.0 Å². The Morgan fingerprint density at radius 3 is 2.59 bits per heavy atom. The first kappa shape index (κ1) is 17.2. The maximum atomic E-state index is 13.2. The third kappa shape index (κ3) is 2.57. The Bertz CT molecular complexity index is 1250. The van der Waals surface area contributed by atoms with Gasteiger partial charge < -0.3 is 5.73 Å². The maximum absolute atomic E-state index is 13.2. The number of H-pyrrole nitrogens is 1. The number of nitrogens with two attached hydrogens (primary N) is 1. The number of fused-ring (bicyclic) bond motifs is 1. The molecular formula is C19H17N4O3S+. The minimum Gasteiger partial charge on any atom is -0.397 e. The third-order valence-corrected chi connectivity index (χ3v) is 5.86. The van der Waals surface area contributed by atoms with E-state index >= 15 is 0 Å². The summed E-state index contributed by atoms with van der Waals surface area (Å²) in [6.07, 6.45) is 0. The second kappa shape index (κ2) is 6.17. The van der Waals surface area contributed by atoms with Crippen LogP contribution in [0.3, 0.4) is 0 Å². The van der Waals surface area contributed by atoms with Crippen LogP contribution in [0.4, 0.5) is 5.69 Å². The average molecular weight is 381 g/mol. The Hall–Kier alpha value is -3.26. The molecule has 3 heterocycles. The van der Waals surface area contributed by atoms with Crippen molar-refractivity contribution in [3.63, 3.8) is 0 Å². The van der Waals surface area contributed by atoms with Crippen LogP contribution in [0.5, 0.6) is 0 Å². The quantitative estimate of drug-likeness (QED) is 0.419. The molecule has 1 aromatic carbocycles. The minimum atomic E-state index is -0.752. The van der Waals surface area contributed by atoms with E-state index in [1.807, 2.05) is 26.8 Å². The number of thiophene rings is 1. The van der Waals surface area contributed by atoms with Gasteiger partial charge in [-0.3, -0.25) is 9.32 Å².